The number of nitrogens with zero attached hydrogens (tertiary/aromatic N) is 3. The van der Waals surface area contributed by atoms with Gasteiger partial charge in [0, 0.05) is 43.6 Å². The van der Waals surface area contributed by atoms with Gasteiger partial charge in [0.15, 0.2) is 0 Å². The summed E-state index contributed by atoms with van der Waals surface area (Å²) >= 11 is 0. The zero-order valence-corrected chi connectivity index (χ0v) is 15.0. The highest BCUT2D eigenvalue weighted by molar-refractivity contribution is 5.94. The number of carbonyl (C=O) groups excluding carboxylic acids is 1. The smallest absolute Gasteiger partial charge is 0.251 e. The van der Waals surface area contributed by atoms with E-state index in [2.05, 4.69) is 44.4 Å². The summed E-state index contributed by atoms with van der Waals surface area (Å²) in [5.74, 6) is 1.45. The van der Waals surface area contributed by atoms with Crippen molar-refractivity contribution in [1.29, 1.82) is 0 Å². The Bertz CT molecular complexity index is 872. The maximum atomic E-state index is 12.4. The fourth-order valence-electron chi connectivity index (χ4n) is 3.25. The first-order chi connectivity index (χ1) is 13.3. The molecule has 1 aromatic carbocycles. The van der Waals surface area contributed by atoms with Gasteiger partial charge in [-0.3, -0.25) is 4.79 Å². The number of amides is 1. The zero-order valence-electron chi connectivity index (χ0n) is 15.0. The fraction of sp³-hybridized carbons (Fsp3) is 0.238. The summed E-state index contributed by atoms with van der Waals surface area (Å²) in [6, 6.07) is 17.7. The zero-order chi connectivity index (χ0) is 18.5. The van der Waals surface area contributed by atoms with Crippen LogP contribution in [0.1, 0.15) is 16.1 Å². The van der Waals surface area contributed by atoms with E-state index < -0.39 is 0 Å². The second-order valence-electron chi connectivity index (χ2n) is 6.47. The molecular weight excluding hydrogens is 340 g/mol. The number of hydrogen-bond acceptors (Lipinski definition) is 5. The van der Waals surface area contributed by atoms with E-state index in [-0.39, 0.29) is 5.91 Å². The molecule has 27 heavy (non-hydrogen) atoms. The monoisotopic (exact) mass is 362 g/mol. The van der Waals surface area contributed by atoms with Crippen molar-refractivity contribution in [2.75, 3.05) is 36.0 Å². The molecule has 138 valence electrons. The van der Waals surface area contributed by atoms with Crippen LogP contribution in [0.4, 0.5) is 11.5 Å². The molecular formula is C21H22N4O2. The number of rotatable bonds is 5. The highest BCUT2D eigenvalue weighted by Crippen LogP contribution is 2.19. The van der Waals surface area contributed by atoms with Crippen molar-refractivity contribution in [1.82, 2.24) is 10.3 Å². The van der Waals surface area contributed by atoms with Crippen LogP contribution < -0.4 is 15.1 Å². The predicted octanol–water partition coefficient (Wildman–Crippen LogP) is 2.93. The molecule has 2 aromatic heterocycles. The largest absolute Gasteiger partial charge is 0.467 e. The van der Waals surface area contributed by atoms with Crippen LogP contribution in [-0.4, -0.2) is 37.1 Å². The standard InChI is InChI=1S/C21H22N4O2/c26-21(23-16-19-7-4-14-27-19)17-8-9-22-20(15-17)25-12-10-24(11-13-25)18-5-2-1-3-6-18/h1-9,14-15H,10-13,16H2,(H,23,26). The maximum Gasteiger partial charge on any atom is 0.251 e. The molecule has 1 N–H and O–H groups in total. The normalized spacial score (nSPS) is 14.2. The maximum absolute atomic E-state index is 12.4. The molecule has 0 aliphatic carbocycles. The van der Waals surface area contributed by atoms with E-state index in [0.717, 1.165) is 37.8 Å². The van der Waals surface area contributed by atoms with Crippen LogP contribution in [0.2, 0.25) is 0 Å². The van der Waals surface area contributed by atoms with Gasteiger partial charge in [-0.2, -0.15) is 0 Å². The molecule has 4 rings (SSSR count). The molecule has 1 aliphatic rings. The van der Waals surface area contributed by atoms with E-state index in [9.17, 15) is 4.79 Å². The number of aromatic nitrogens is 1. The first-order valence-corrected chi connectivity index (χ1v) is 9.11. The summed E-state index contributed by atoms with van der Waals surface area (Å²) in [5.41, 5.74) is 1.85. The van der Waals surface area contributed by atoms with Gasteiger partial charge in [0.1, 0.15) is 11.6 Å². The van der Waals surface area contributed by atoms with Crippen molar-refractivity contribution >= 4 is 17.4 Å². The van der Waals surface area contributed by atoms with Crippen molar-refractivity contribution in [2.24, 2.45) is 0 Å². The quantitative estimate of drug-likeness (QED) is 0.756. The second-order valence-corrected chi connectivity index (χ2v) is 6.47. The van der Waals surface area contributed by atoms with E-state index in [1.807, 2.05) is 18.2 Å². The Balaban J connectivity index is 1.37. The molecule has 6 nitrogen and oxygen atoms in total. The minimum absolute atomic E-state index is 0.127. The number of pyridine rings is 1. The van der Waals surface area contributed by atoms with Gasteiger partial charge in [-0.15, -0.1) is 0 Å². The molecule has 0 unspecified atom stereocenters. The third kappa shape index (κ3) is 4.11. The third-order valence-corrected chi connectivity index (χ3v) is 4.74. The average molecular weight is 362 g/mol. The lowest BCUT2D eigenvalue weighted by Gasteiger charge is -2.36. The molecule has 0 atom stereocenters. The molecule has 0 saturated carbocycles. The molecule has 1 saturated heterocycles. The lowest BCUT2D eigenvalue weighted by atomic mass is 10.2. The Kier molecular flexibility index (Phi) is 5.05. The number of para-hydroxylation sites is 1. The fourth-order valence-corrected chi connectivity index (χ4v) is 3.25. The third-order valence-electron chi connectivity index (χ3n) is 4.74. The Morgan fingerprint density at radius 1 is 1.00 bits per heavy atom. The summed E-state index contributed by atoms with van der Waals surface area (Å²) in [6.07, 6.45) is 3.29. The molecule has 3 heterocycles. The van der Waals surface area contributed by atoms with Gasteiger partial charge in [-0.25, -0.2) is 4.98 Å². The van der Waals surface area contributed by atoms with E-state index in [0.29, 0.717) is 12.1 Å². The summed E-state index contributed by atoms with van der Waals surface area (Å²) in [6.45, 7) is 3.99. The van der Waals surface area contributed by atoms with Crippen LogP contribution in [0.5, 0.6) is 0 Å². The number of nitrogens with one attached hydrogen (secondary N) is 1. The van der Waals surface area contributed by atoms with Crippen LogP contribution in [0.3, 0.4) is 0 Å². The van der Waals surface area contributed by atoms with E-state index >= 15 is 0 Å². The summed E-state index contributed by atoms with van der Waals surface area (Å²) in [4.78, 5) is 21.5. The minimum atomic E-state index is -0.127. The van der Waals surface area contributed by atoms with E-state index in [1.54, 1.807) is 24.6 Å². The van der Waals surface area contributed by atoms with Crippen molar-refractivity contribution in [3.05, 3.63) is 78.4 Å². The number of anilines is 2. The molecule has 0 bridgehead atoms. The number of piperazine rings is 1. The summed E-state index contributed by atoms with van der Waals surface area (Å²) in [5, 5.41) is 2.87. The van der Waals surface area contributed by atoms with Crippen molar-refractivity contribution in [3.63, 3.8) is 0 Å². The number of hydrogen-bond donors (Lipinski definition) is 1. The van der Waals surface area contributed by atoms with Gasteiger partial charge in [-0.05, 0) is 36.4 Å². The van der Waals surface area contributed by atoms with Crippen molar-refractivity contribution in [2.45, 2.75) is 6.54 Å². The number of furan rings is 1. The van der Waals surface area contributed by atoms with Crippen LogP contribution in [0.25, 0.3) is 0 Å². The van der Waals surface area contributed by atoms with Gasteiger partial charge >= 0.3 is 0 Å². The van der Waals surface area contributed by atoms with Gasteiger partial charge in [0.05, 0.1) is 12.8 Å². The molecule has 1 amide bonds. The molecule has 1 fully saturated rings. The summed E-state index contributed by atoms with van der Waals surface area (Å²) in [7, 11) is 0. The molecule has 0 radical (unpaired) electrons. The first kappa shape index (κ1) is 17.1. The van der Waals surface area contributed by atoms with Crippen LogP contribution in [0.15, 0.2) is 71.5 Å². The average Bonchev–Trinajstić information content (AvgIpc) is 3.27. The van der Waals surface area contributed by atoms with Crippen molar-refractivity contribution in [3.8, 4) is 0 Å². The Morgan fingerprint density at radius 2 is 1.78 bits per heavy atom. The number of carbonyl (C=O) groups is 1. The second kappa shape index (κ2) is 7.95. The Morgan fingerprint density at radius 3 is 2.52 bits per heavy atom. The van der Waals surface area contributed by atoms with Crippen LogP contribution in [0, 0.1) is 0 Å². The molecule has 3 aromatic rings. The van der Waals surface area contributed by atoms with Gasteiger partial charge in [0.2, 0.25) is 0 Å². The minimum Gasteiger partial charge on any atom is -0.467 e. The SMILES string of the molecule is O=C(NCc1ccco1)c1ccnc(N2CCN(c3ccccc3)CC2)c1. The molecule has 1 aliphatic heterocycles. The van der Waals surface area contributed by atoms with Gasteiger partial charge in [-0.1, -0.05) is 18.2 Å². The lowest BCUT2D eigenvalue weighted by molar-refractivity contribution is 0.0948. The van der Waals surface area contributed by atoms with Crippen LogP contribution in [-0.2, 0) is 6.54 Å². The van der Waals surface area contributed by atoms with E-state index in [4.69, 9.17) is 4.42 Å². The number of benzene rings is 1. The first-order valence-electron chi connectivity index (χ1n) is 9.11. The predicted molar refractivity (Wildman–Crippen MR) is 105 cm³/mol. The van der Waals surface area contributed by atoms with Gasteiger partial charge in [0.25, 0.3) is 5.91 Å². The Labute approximate surface area is 158 Å². The highest BCUT2D eigenvalue weighted by atomic mass is 16.3. The molecule has 0 spiro atoms. The summed E-state index contributed by atoms with van der Waals surface area (Å²) < 4.78 is 5.25. The highest BCUT2D eigenvalue weighted by Gasteiger charge is 2.19. The van der Waals surface area contributed by atoms with Crippen molar-refractivity contribution < 1.29 is 9.21 Å². The molecule has 6 heteroatoms. The lowest BCUT2D eigenvalue weighted by Crippen LogP contribution is -2.46. The Hall–Kier alpha value is -3.28. The van der Waals surface area contributed by atoms with Crippen LogP contribution >= 0.6 is 0 Å². The van der Waals surface area contributed by atoms with E-state index in [1.165, 1.54) is 5.69 Å². The van der Waals surface area contributed by atoms with Gasteiger partial charge < -0.3 is 19.5 Å². The topological polar surface area (TPSA) is 61.6 Å².